The number of fused-ring (bicyclic) bond motifs is 2. The molecule has 0 radical (unpaired) electrons. The number of para-hydroxylation sites is 2. The summed E-state index contributed by atoms with van der Waals surface area (Å²) in [6, 6.07) is 14.6. The van der Waals surface area contributed by atoms with Crippen LogP contribution in [0.5, 0.6) is 11.5 Å². The van der Waals surface area contributed by atoms with Crippen LogP contribution in [0.15, 0.2) is 48.5 Å². The number of rotatable bonds is 4. The molecule has 0 saturated carbocycles. The van der Waals surface area contributed by atoms with Crippen LogP contribution in [-0.2, 0) is 16.1 Å². The number of nitrogens with zero attached hydrogens (tertiary/aromatic N) is 4. The third kappa shape index (κ3) is 2.86. The van der Waals surface area contributed by atoms with Gasteiger partial charge in [0.15, 0.2) is 6.54 Å². The molecule has 1 aromatic heterocycles. The monoisotopic (exact) mass is 351 g/mol. The highest BCUT2D eigenvalue weighted by Crippen LogP contribution is 2.44. The first-order chi connectivity index (χ1) is 12.6. The fourth-order valence-electron chi connectivity index (χ4n) is 2.86. The standard InChI is InChI=1S/C17H13N5O4/c23-14(24)9-22-20-17(19-21-22)18-16(25)15-10-5-1-3-7-12(10)26-13-8-4-2-6-11(13)15/h1-8,15H,9H2,(H,23,24)(H,18,20,25). The molecular formula is C17H13N5O4. The van der Waals surface area contributed by atoms with Gasteiger partial charge in [-0.05, 0) is 17.3 Å². The summed E-state index contributed by atoms with van der Waals surface area (Å²) in [6.07, 6.45) is 0. The molecule has 0 bridgehead atoms. The van der Waals surface area contributed by atoms with Crippen molar-refractivity contribution in [3.8, 4) is 11.5 Å². The summed E-state index contributed by atoms with van der Waals surface area (Å²) < 4.78 is 5.86. The molecule has 0 fully saturated rings. The highest BCUT2D eigenvalue weighted by molar-refractivity contribution is 5.98. The van der Waals surface area contributed by atoms with E-state index in [0.717, 1.165) is 15.9 Å². The van der Waals surface area contributed by atoms with Crippen molar-refractivity contribution in [1.29, 1.82) is 0 Å². The average molecular weight is 351 g/mol. The number of carbonyl (C=O) groups is 2. The zero-order valence-electron chi connectivity index (χ0n) is 13.4. The molecule has 1 aliphatic rings. The van der Waals surface area contributed by atoms with Gasteiger partial charge in [-0.3, -0.25) is 14.9 Å². The number of nitrogens with one attached hydrogen (secondary N) is 1. The van der Waals surface area contributed by atoms with Crippen molar-refractivity contribution in [3.05, 3.63) is 59.7 Å². The Hall–Kier alpha value is -3.75. The molecule has 130 valence electrons. The van der Waals surface area contributed by atoms with Gasteiger partial charge in [-0.1, -0.05) is 41.5 Å². The number of aliphatic carboxylic acids is 1. The van der Waals surface area contributed by atoms with Crippen LogP contribution in [0.2, 0.25) is 0 Å². The number of amides is 1. The predicted molar refractivity (Wildman–Crippen MR) is 88.9 cm³/mol. The van der Waals surface area contributed by atoms with Crippen molar-refractivity contribution in [2.45, 2.75) is 12.5 Å². The molecular weight excluding hydrogens is 338 g/mol. The number of benzene rings is 2. The first kappa shape index (κ1) is 15.8. The van der Waals surface area contributed by atoms with Crippen LogP contribution in [0, 0.1) is 0 Å². The molecule has 0 unspecified atom stereocenters. The molecule has 0 saturated heterocycles. The van der Waals surface area contributed by atoms with E-state index in [4.69, 9.17) is 9.84 Å². The maximum absolute atomic E-state index is 12.9. The molecule has 26 heavy (non-hydrogen) atoms. The second kappa shape index (κ2) is 6.28. The van der Waals surface area contributed by atoms with Crippen molar-refractivity contribution in [3.63, 3.8) is 0 Å². The van der Waals surface area contributed by atoms with Crippen LogP contribution in [0.25, 0.3) is 0 Å². The molecule has 0 spiro atoms. The third-order valence-corrected chi connectivity index (χ3v) is 3.91. The van der Waals surface area contributed by atoms with Gasteiger partial charge in [0.05, 0.1) is 5.92 Å². The lowest BCUT2D eigenvalue weighted by atomic mass is 9.87. The van der Waals surface area contributed by atoms with Crippen molar-refractivity contribution in [1.82, 2.24) is 20.2 Å². The molecule has 2 N–H and O–H groups in total. The van der Waals surface area contributed by atoms with E-state index in [2.05, 4.69) is 20.7 Å². The van der Waals surface area contributed by atoms with Gasteiger partial charge in [0.1, 0.15) is 11.5 Å². The highest BCUT2D eigenvalue weighted by atomic mass is 16.5. The minimum atomic E-state index is -1.10. The molecule has 2 aromatic carbocycles. The number of carboxylic acid groups (broad SMARTS) is 1. The van der Waals surface area contributed by atoms with E-state index < -0.39 is 18.4 Å². The molecule has 0 aliphatic carbocycles. The van der Waals surface area contributed by atoms with Crippen molar-refractivity contribution in [2.75, 3.05) is 5.32 Å². The number of aromatic nitrogens is 4. The van der Waals surface area contributed by atoms with Gasteiger partial charge in [0, 0.05) is 11.1 Å². The Morgan fingerprint density at radius 2 is 1.69 bits per heavy atom. The van der Waals surface area contributed by atoms with Crippen LogP contribution in [-0.4, -0.2) is 37.2 Å². The van der Waals surface area contributed by atoms with Gasteiger partial charge in [0.2, 0.25) is 5.91 Å². The molecule has 0 atom stereocenters. The molecule has 4 rings (SSSR count). The molecule has 9 nitrogen and oxygen atoms in total. The maximum atomic E-state index is 12.9. The SMILES string of the molecule is O=C(O)Cn1nnc(NC(=O)C2c3ccccc3Oc3ccccc32)n1. The summed E-state index contributed by atoms with van der Waals surface area (Å²) in [5, 5.41) is 22.5. The Kier molecular flexibility index (Phi) is 3.81. The highest BCUT2D eigenvalue weighted by Gasteiger charge is 2.33. The summed E-state index contributed by atoms with van der Waals surface area (Å²) in [4.78, 5) is 24.5. The minimum Gasteiger partial charge on any atom is -0.480 e. The van der Waals surface area contributed by atoms with E-state index in [-0.39, 0.29) is 11.9 Å². The Morgan fingerprint density at radius 3 is 2.31 bits per heavy atom. The summed E-state index contributed by atoms with van der Waals surface area (Å²) in [5.74, 6) is -0.918. The third-order valence-electron chi connectivity index (χ3n) is 3.91. The molecule has 1 aliphatic heterocycles. The largest absolute Gasteiger partial charge is 0.480 e. The quantitative estimate of drug-likeness (QED) is 0.733. The summed E-state index contributed by atoms with van der Waals surface area (Å²) in [7, 11) is 0. The number of hydrogen-bond donors (Lipinski definition) is 2. The number of ether oxygens (including phenoxy) is 1. The van der Waals surface area contributed by atoms with Crippen LogP contribution < -0.4 is 10.1 Å². The average Bonchev–Trinajstić information content (AvgIpc) is 3.05. The van der Waals surface area contributed by atoms with E-state index in [1.165, 1.54) is 0 Å². The van der Waals surface area contributed by atoms with Crippen molar-refractivity contribution < 1.29 is 19.4 Å². The second-order valence-corrected chi connectivity index (χ2v) is 5.64. The fraction of sp³-hybridized carbons (Fsp3) is 0.118. The number of anilines is 1. The second-order valence-electron chi connectivity index (χ2n) is 5.64. The van der Waals surface area contributed by atoms with Gasteiger partial charge < -0.3 is 9.84 Å². The van der Waals surface area contributed by atoms with Crippen LogP contribution in [0.1, 0.15) is 17.0 Å². The van der Waals surface area contributed by atoms with Gasteiger partial charge in [-0.15, -0.1) is 5.10 Å². The molecule has 2 heterocycles. The Morgan fingerprint density at radius 1 is 1.08 bits per heavy atom. The lowest BCUT2D eigenvalue weighted by Gasteiger charge is -2.26. The lowest BCUT2D eigenvalue weighted by Crippen LogP contribution is -2.25. The molecule has 1 amide bonds. The van der Waals surface area contributed by atoms with Gasteiger partial charge >= 0.3 is 5.97 Å². The topological polar surface area (TPSA) is 119 Å². The lowest BCUT2D eigenvalue weighted by molar-refractivity contribution is -0.138. The van der Waals surface area contributed by atoms with E-state index in [1.54, 1.807) is 12.1 Å². The van der Waals surface area contributed by atoms with Gasteiger partial charge in [-0.2, -0.15) is 4.80 Å². The predicted octanol–water partition coefficient (Wildman–Crippen LogP) is 1.63. The smallest absolute Gasteiger partial charge is 0.327 e. The van der Waals surface area contributed by atoms with Crippen LogP contribution >= 0.6 is 0 Å². The number of hydrogen-bond acceptors (Lipinski definition) is 6. The summed E-state index contributed by atoms with van der Waals surface area (Å²) in [6.45, 7) is -0.439. The van der Waals surface area contributed by atoms with Crippen LogP contribution in [0.4, 0.5) is 5.95 Å². The zero-order valence-corrected chi connectivity index (χ0v) is 13.4. The first-order valence-electron chi connectivity index (χ1n) is 7.78. The van der Waals surface area contributed by atoms with Crippen molar-refractivity contribution >= 4 is 17.8 Å². The molecule has 9 heteroatoms. The minimum absolute atomic E-state index is 0.0577. The summed E-state index contributed by atoms with van der Waals surface area (Å²) >= 11 is 0. The Bertz CT molecular complexity index is 955. The van der Waals surface area contributed by atoms with Crippen LogP contribution in [0.3, 0.4) is 0 Å². The fourth-order valence-corrected chi connectivity index (χ4v) is 2.86. The first-order valence-corrected chi connectivity index (χ1v) is 7.78. The van der Waals surface area contributed by atoms with Gasteiger partial charge in [0.25, 0.3) is 5.95 Å². The maximum Gasteiger partial charge on any atom is 0.327 e. The Labute approximate surface area is 147 Å². The number of carbonyl (C=O) groups excluding carboxylic acids is 1. The van der Waals surface area contributed by atoms with E-state index in [1.807, 2.05) is 36.4 Å². The normalized spacial score (nSPS) is 12.6. The number of tetrazole rings is 1. The van der Waals surface area contributed by atoms with E-state index in [9.17, 15) is 9.59 Å². The summed E-state index contributed by atoms with van der Waals surface area (Å²) in [5.41, 5.74) is 1.45. The van der Waals surface area contributed by atoms with E-state index in [0.29, 0.717) is 11.5 Å². The Balaban J connectivity index is 1.65. The van der Waals surface area contributed by atoms with Gasteiger partial charge in [-0.25, -0.2) is 0 Å². The zero-order chi connectivity index (χ0) is 18.1. The molecule has 3 aromatic rings. The van der Waals surface area contributed by atoms with Crippen molar-refractivity contribution in [2.24, 2.45) is 0 Å². The number of carboxylic acids is 1. The van der Waals surface area contributed by atoms with E-state index >= 15 is 0 Å².